The molecule has 6 nitrogen and oxygen atoms in total. The van der Waals surface area contributed by atoms with Gasteiger partial charge in [0.2, 0.25) is 5.91 Å². The van der Waals surface area contributed by atoms with E-state index in [9.17, 15) is 14.4 Å². The number of ether oxygens (including phenoxy) is 1. The van der Waals surface area contributed by atoms with Crippen molar-refractivity contribution in [3.63, 3.8) is 0 Å². The zero-order valence-corrected chi connectivity index (χ0v) is 15.5. The molecule has 0 unspecified atom stereocenters. The molecule has 0 saturated carbocycles. The first-order valence-corrected chi connectivity index (χ1v) is 8.24. The molecule has 1 atom stereocenters. The van der Waals surface area contributed by atoms with Crippen LogP contribution >= 0.6 is 11.6 Å². The van der Waals surface area contributed by atoms with Crippen LogP contribution in [0, 0.1) is 5.92 Å². The van der Waals surface area contributed by atoms with Crippen LogP contribution < -0.4 is 10.6 Å². The molecule has 0 aliphatic rings. The molecule has 0 heterocycles. The van der Waals surface area contributed by atoms with Gasteiger partial charge in [0, 0.05) is 11.9 Å². The lowest BCUT2D eigenvalue weighted by Gasteiger charge is -2.19. The molecule has 25 heavy (non-hydrogen) atoms. The summed E-state index contributed by atoms with van der Waals surface area (Å²) in [6.45, 7) is 5.16. The van der Waals surface area contributed by atoms with Crippen LogP contribution in [0.4, 0.5) is 0 Å². The highest BCUT2D eigenvalue weighted by Crippen LogP contribution is 2.13. The average Bonchev–Trinajstić information content (AvgIpc) is 2.54. The van der Waals surface area contributed by atoms with Crippen molar-refractivity contribution in [2.75, 3.05) is 7.11 Å². The maximum atomic E-state index is 12.5. The molecule has 2 amide bonds. The highest BCUT2D eigenvalue weighted by molar-refractivity contribution is 6.30. The van der Waals surface area contributed by atoms with Gasteiger partial charge in [-0.05, 0) is 36.1 Å². The van der Waals surface area contributed by atoms with Gasteiger partial charge in [-0.2, -0.15) is 0 Å². The van der Waals surface area contributed by atoms with Gasteiger partial charge in [0.15, 0.2) is 0 Å². The number of methoxy groups -OCH3 is 1. The van der Waals surface area contributed by atoms with Crippen LogP contribution in [-0.4, -0.2) is 30.9 Å². The maximum Gasteiger partial charge on any atom is 0.328 e. The zero-order chi connectivity index (χ0) is 19.0. The second kappa shape index (κ2) is 9.84. The monoisotopic (exact) mass is 366 g/mol. The Labute approximate surface area is 152 Å². The number of rotatable bonds is 7. The standard InChI is InChI=1S/C18H23ClN2O4/c1-11(2)9-16(18(24)25-4)21-17(23)15(20-12(3)22)10-13-5-7-14(19)8-6-13/h5-8,10-11,16H,9H2,1-4H3,(H,20,22)(H,21,23)/b15-10-/t16-/m0/s1. The lowest BCUT2D eigenvalue weighted by molar-refractivity contribution is -0.145. The summed E-state index contributed by atoms with van der Waals surface area (Å²) >= 11 is 5.84. The molecule has 2 N–H and O–H groups in total. The summed E-state index contributed by atoms with van der Waals surface area (Å²) in [6.07, 6.45) is 1.93. The highest BCUT2D eigenvalue weighted by Gasteiger charge is 2.24. The molecule has 0 aliphatic heterocycles. The number of nitrogens with one attached hydrogen (secondary N) is 2. The lowest BCUT2D eigenvalue weighted by atomic mass is 10.0. The SMILES string of the molecule is COC(=O)[C@H](CC(C)C)NC(=O)/C(=C/c1ccc(Cl)cc1)NC(C)=O. The molecule has 0 radical (unpaired) electrons. The molecule has 0 aromatic heterocycles. The fraction of sp³-hybridized carbons (Fsp3) is 0.389. The first kappa shape index (κ1) is 20.7. The van der Waals surface area contributed by atoms with Crippen molar-refractivity contribution >= 4 is 35.5 Å². The normalized spacial score (nSPS) is 12.5. The minimum absolute atomic E-state index is 0.0347. The fourth-order valence-corrected chi connectivity index (χ4v) is 2.26. The van der Waals surface area contributed by atoms with Gasteiger partial charge in [0.25, 0.3) is 5.91 Å². The molecule has 0 saturated heterocycles. The number of hydrogen-bond donors (Lipinski definition) is 2. The van der Waals surface area contributed by atoms with Crippen molar-refractivity contribution in [2.45, 2.75) is 33.2 Å². The van der Waals surface area contributed by atoms with Crippen LogP contribution in [0.5, 0.6) is 0 Å². The van der Waals surface area contributed by atoms with E-state index in [1.54, 1.807) is 24.3 Å². The predicted molar refractivity (Wildman–Crippen MR) is 96.6 cm³/mol. The Bertz CT molecular complexity index is 654. The molecule has 0 bridgehead atoms. The third kappa shape index (κ3) is 7.39. The summed E-state index contributed by atoms with van der Waals surface area (Å²) in [4.78, 5) is 35.8. The summed E-state index contributed by atoms with van der Waals surface area (Å²) < 4.78 is 4.73. The Balaban J connectivity index is 3.04. The zero-order valence-electron chi connectivity index (χ0n) is 14.8. The molecule has 136 valence electrons. The van der Waals surface area contributed by atoms with Crippen molar-refractivity contribution in [3.8, 4) is 0 Å². The molecule has 7 heteroatoms. The smallest absolute Gasteiger partial charge is 0.328 e. The summed E-state index contributed by atoms with van der Waals surface area (Å²) in [5.41, 5.74) is 0.717. The number of benzene rings is 1. The van der Waals surface area contributed by atoms with Crippen LogP contribution in [0.3, 0.4) is 0 Å². The van der Waals surface area contributed by atoms with E-state index in [2.05, 4.69) is 10.6 Å². The topological polar surface area (TPSA) is 84.5 Å². The molecule has 1 aromatic carbocycles. The second-order valence-electron chi connectivity index (χ2n) is 5.97. The molecular weight excluding hydrogens is 344 g/mol. The highest BCUT2D eigenvalue weighted by atomic mass is 35.5. The van der Waals surface area contributed by atoms with Gasteiger partial charge in [-0.15, -0.1) is 0 Å². The van der Waals surface area contributed by atoms with E-state index in [4.69, 9.17) is 16.3 Å². The number of hydrogen-bond acceptors (Lipinski definition) is 4. The third-order valence-corrected chi connectivity index (χ3v) is 3.49. The van der Waals surface area contributed by atoms with E-state index >= 15 is 0 Å². The van der Waals surface area contributed by atoms with E-state index in [0.717, 1.165) is 0 Å². The van der Waals surface area contributed by atoms with E-state index in [-0.39, 0.29) is 11.6 Å². The largest absolute Gasteiger partial charge is 0.467 e. The Morgan fingerprint density at radius 3 is 2.28 bits per heavy atom. The van der Waals surface area contributed by atoms with E-state index in [1.807, 2.05) is 13.8 Å². The third-order valence-electron chi connectivity index (χ3n) is 3.23. The first-order valence-electron chi connectivity index (χ1n) is 7.86. The Morgan fingerprint density at radius 2 is 1.80 bits per heavy atom. The molecule has 1 rings (SSSR count). The van der Waals surface area contributed by atoms with Crippen molar-refractivity contribution in [1.29, 1.82) is 0 Å². The molecule has 0 fully saturated rings. The summed E-state index contributed by atoms with van der Waals surface area (Å²) in [5.74, 6) is -1.32. The van der Waals surface area contributed by atoms with Gasteiger partial charge in [-0.1, -0.05) is 37.6 Å². The molecule has 1 aromatic rings. The summed E-state index contributed by atoms with van der Waals surface area (Å²) in [7, 11) is 1.26. The van der Waals surface area contributed by atoms with Gasteiger partial charge in [0.05, 0.1) is 7.11 Å². The first-order chi connectivity index (χ1) is 11.7. The molecule has 0 aliphatic carbocycles. The lowest BCUT2D eigenvalue weighted by Crippen LogP contribution is -2.45. The van der Waals surface area contributed by atoms with Gasteiger partial charge < -0.3 is 15.4 Å². The molecule has 0 spiro atoms. The number of carbonyl (C=O) groups excluding carboxylic acids is 3. The van der Waals surface area contributed by atoms with Crippen molar-refractivity contribution in [3.05, 3.63) is 40.5 Å². The van der Waals surface area contributed by atoms with E-state index in [1.165, 1.54) is 20.1 Å². The van der Waals surface area contributed by atoms with Crippen LogP contribution in [0.15, 0.2) is 30.0 Å². The summed E-state index contributed by atoms with van der Waals surface area (Å²) in [5, 5.41) is 5.66. The summed E-state index contributed by atoms with van der Waals surface area (Å²) in [6, 6.07) is 5.98. The Hall–Kier alpha value is -2.34. The Morgan fingerprint density at radius 1 is 1.20 bits per heavy atom. The average molecular weight is 367 g/mol. The minimum atomic E-state index is -0.792. The fourth-order valence-electron chi connectivity index (χ4n) is 2.14. The van der Waals surface area contributed by atoms with Crippen LogP contribution in [0.25, 0.3) is 6.08 Å². The number of amides is 2. The van der Waals surface area contributed by atoms with Crippen molar-refractivity contribution in [2.24, 2.45) is 5.92 Å². The van der Waals surface area contributed by atoms with Gasteiger partial charge in [-0.25, -0.2) is 4.79 Å². The number of halogens is 1. The van der Waals surface area contributed by atoms with Crippen LogP contribution in [0.2, 0.25) is 5.02 Å². The number of carbonyl (C=O) groups is 3. The van der Waals surface area contributed by atoms with Gasteiger partial charge in [-0.3, -0.25) is 9.59 Å². The van der Waals surface area contributed by atoms with Crippen LogP contribution in [-0.2, 0) is 19.1 Å². The quantitative estimate of drug-likeness (QED) is 0.573. The van der Waals surface area contributed by atoms with Gasteiger partial charge in [0.1, 0.15) is 11.7 Å². The van der Waals surface area contributed by atoms with E-state index < -0.39 is 23.8 Å². The van der Waals surface area contributed by atoms with Crippen molar-refractivity contribution in [1.82, 2.24) is 10.6 Å². The van der Waals surface area contributed by atoms with Crippen molar-refractivity contribution < 1.29 is 19.1 Å². The predicted octanol–water partition coefficient (Wildman–Crippen LogP) is 2.52. The van der Waals surface area contributed by atoms with Gasteiger partial charge >= 0.3 is 5.97 Å². The van der Waals surface area contributed by atoms with E-state index in [0.29, 0.717) is 17.0 Å². The minimum Gasteiger partial charge on any atom is -0.467 e. The van der Waals surface area contributed by atoms with Crippen LogP contribution in [0.1, 0.15) is 32.8 Å². The second-order valence-corrected chi connectivity index (χ2v) is 6.41. The molecular formula is C18H23ClN2O4. The Kier molecular flexibility index (Phi) is 8.15. The number of esters is 1. The maximum absolute atomic E-state index is 12.5.